The Morgan fingerprint density at radius 3 is 2.48 bits per heavy atom. The largest absolute Gasteiger partial charge is 0.366 e. The van der Waals surface area contributed by atoms with E-state index in [2.05, 4.69) is 13.0 Å². The zero-order valence-electron chi connectivity index (χ0n) is 14.4. The Balaban J connectivity index is 1.64. The molecular weight excluding hydrogens is 312 g/mol. The SMILES string of the molecule is CC1(c2ccccc2C(=O)N2CCc3c(cccc3C(N)=O)C2)CC1. The number of rotatable bonds is 3. The maximum absolute atomic E-state index is 13.2. The van der Waals surface area contributed by atoms with Crippen molar-refractivity contribution in [3.63, 3.8) is 0 Å². The third-order valence-corrected chi connectivity index (χ3v) is 5.63. The van der Waals surface area contributed by atoms with Crippen LogP contribution in [0, 0.1) is 0 Å². The van der Waals surface area contributed by atoms with Crippen molar-refractivity contribution >= 4 is 11.8 Å². The standard InChI is InChI=1S/C21H22N2O2/c1-21(10-11-21)18-8-3-2-6-17(18)20(25)23-12-9-15-14(13-23)5-4-7-16(15)19(22)24/h2-8H,9-13H2,1H3,(H2,22,24). The van der Waals surface area contributed by atoms with Crippen LogP contribution in [0.1, 0.15) is 57.2 Å². The molecule has 1 aliphatic heterocycles. The number of carbonyl (C=O) groups is 2. The lowest BCUT2D eigenvalue weighted by atomic mass is 9.90. The van der Waals surface area contributed by atoms with Crippen LogP contribution >= 0.6 is 0 Å². The highest BCUT2D eigenvalue weighted by Crippen LogP contribution is 2.48. The zero-order valence-corrected chi connectivity index (χ0v) is 14.4. The first-order chi connectivity index (χ1) is 12.0. The molecule has 0 saturated heterocycles. The van der Waals surface area contributed by atoms with E-state index in [9.17, 15) is 9.59 Å². The van der Waals surface area contributed by atoms with Crippen molar-refractivity contribution in [2.24, 2.45) is 5.73 Å². The molecule has 2 amide bonds. The van der Waals surface area contributed by atoms with Crippen LogP contribution in [0.15, 0.2) is 42.5 Å². The molecule has 4 rings (SSSR count). The van der Waals surface area contributed by atoms with Crippen LogP contribution < -0.4 is 5.73 Å². The Morgan fingerprint density at radius 2 is 1.76 bits per heavy atom. The summed E-state index contributed by atoms with van der Waals surface area (Å²) in [7, 11) is 0. The highest BCUT2D eigenvalue weighted by atomic mass is 16.2. The molecule has 2 N–H and O–H groups in total. The number of nitrogens with zero attached hydrogens (tertiary/aromatic N) is 1. The van der Waals surface area contributed by atoms with Gasteiger partial charge in [0.25, 0.3) is 5.91 Å². The number of fused-ring (bicyclic) bond motifs is 1. The summed E-state index contributed by atoms with van der Waals surface area (Å²) in [6, 6.07) is 13.6. The molecular formula is C21H22N2O2. The topological polar surface area (TPSA) is 63.4 Å². The first-order valence-corrected chi connectivity index (χ1v) is 8.79. The van der Waals surface area contributed by atoms with Crippen molar-refractivity contribution in [1.82, 2.24) is 4.90 Å². The summed E-state index contributed by atoms with van der Waals surface area (Å²) in [6.07, 6.45) is 2.95. The average molecular weight is 334 g/mol. The fourth-order valence-electron chi connectivity index (χ4n) is 3.84. The molecule has 1 aliphatic carbocycles. The highest BCUT2D eigenvalue weighted by molar-refractivity contribution is 5.97. The number of nitrogens with two attached hydrogens (primary N) is 1. The number of hydrogen-bond donors (Lipinski definition) is 1. The molecule has 4 heteroatoms. The van der Waals surface area contributed by atoms with Crippen LogP contribution in [-0.2, 0) is 18.4 Å². The Labute approximate surface area is 147 Å². The average Bonchev–Trinajstić information content (AvgIpc) is 3.38. The lowest BCUT2D eigenvalue weighted by Gasteiger charge is -2.31. The van der Waals surface area contributed by atoms with E-state index in [0.717, 1.165) is 35.1 Å². The third kappa shape index (κ3) is 2.72. The van der Waals surface area contributed by atoms with Crippen molar-refractivity contribution in [3.05, 3.63) is 70.3 Å². The van der Waals surface area contributed by atoms with E-state index in [1.165, 1.54) is 0 Å². The molecule has 0 unspecified atom stereocenters. The van der Waals surface area contributed by atoms with E-state index in [0.29, 0.717) is 25.1 Å². The second kappa shape index (κ2) is 5.73. The van der Waals surface area contributed by atoms with Crippen molar-refractivity contribution in [2.75, 3.05) is 6.54 Å². The van der Waals surface area contributed by atoms with Crippen molar-refractivity contribution in [1.29, 1.82) is 0 Å². The predicted octanol–water partition coefficient (Wildman–Crippen LogP) is 3.04. The Morgan fingerprint density at radius 1 is 1.04 bits per heavy atom. The number of amides is 2. The smallest absolute Gasteiger partial charge is 0.254 e. The van der Waals surface area contributed by atoms with Gasteiger partial charge in [0.15, 0.2) is 0 Å². The van der Waals surface area contributed by atoms with E-state index < -0.39 is 5.91 Å². The summed E-state index contributed by atoms with van der Waals surface area (Å²) in [5.74, 6) is -0.317. The Hall–Kier alpha value is -2.62. The number of carbonyl (C=O) groups excluding carboxylic acids is 2. The lowest BCUT2D eigenvalue weighted by Crippen LogP contribution is -2.37. The van der Waals surface area contributed by atoms with Gasteiger partial charge in [-0.1, -0.05) is 37.3 Å². The number of benzene rings is 2. The highest BCUT2D eigenvalue weighted by Gasteiger charge is 2.41. The second-order valence-electron chi connectivity index (χ2n) is 7.39. The number of primary amides is 1. The molecule has 1 fully saturated rings. The molecule has 2 aliphatic rings. The van der Waals surface area contributed by atoms with Crippen LogP contribution in [0.25, 0.3) is 0 Å². The monoisotopic (exact) mass is 334 g/mol. The van der Waals surface area contributed by atoms with Crippen LogP contribution in [0.3, 0.4) is 0 Å². The van der Waals surface area contributed by atoms with Gasteiger partial charge in [0, 0.05) is 24.2 Å². The van der Waals surface area contributed by atoms with E-state index in [-0.39, 0.29) is 11.3 Å². The van der Waals surface area contributed by atoms with Crippen LogP contribution in [-0.4, -0.2) is 23.3 Å². The fraction of sp³-hybridized carbons (Fsp3) is 0.333. The molecule has 4 nitrogen and oxygen atoms in total. The minimum Gasteiger partial charge on any atom is -0.366 e. The van der Waals surface area contributed by atoms with Gasteiger partial charge in [0.05, 0.1) is 0 Å². The third-order valence-electron chi connectivity index (χ3n) is 5.63. The first kappa shape index (κ1) is 15.9. The maximum Gasteiger partial charge on any atom is 0.254 e. The van der Waals surface area contributed by atoms with Gasteiger partial charge in [0.1, 0.15) is 0 Å². The van der Waals surface area contributed by atoms with Gasteiger partial charge in [-0.15, -0.1) is 0 Å². The first-order valence-electron chi connectivity index (χ1n) is 8.79. The molecule has 2 aromatic rings. The summed E-state index contributed by atoms with van der Waals surface area (Å²) in [6.45, 7) is 3.37. The molecule has 0 atom stereocenters. The van der Waals surface area contributed by atoms with Crippen LogP contribution in [0.4, 0.5) is 0 Å². The molecule has 2 aromatic carbocycles. The minimum absolute atomic E-state index is 0.0823. The van der Waals surface area contributed by atoms with Gasteiger partial charge in [-0.2, -0.15) is 0 Å². The van der Waals surface area contributed by atoms with E-state index in [1.807, 2.05) is 35.2 Å². The van der Waals surface area contributed by atoms with Gasteiger partial charge in [-0.05, 0) is 53.5 Å². The van der Waals surface area contributed by atoms with E-state index in [4.69, 9.17) is 5.73 Å². The second-order valence-corrected chi connectivity index (χ2v) is 7.39. The van der Waals surface area contributed by atoms with Gasteiger partial charge < -0.3 is 10.6 Å². The normalized spacial score (nSPS) is 17.7. The zero-order chi connectivity index (χ0) is 17.6. The molecule has 128 valence electrons. The van der Waals surface area contributed by atoms with Crippen LogP contribution in [0.5, 0.6) is 0 Å². The van der Waals surface area contributed by atoms with Crippen molar-refractivity contribution < 1.29 is 9.59 Å². The molecule has 0 radical (unpaired) electrons. The minimum atomic E-state index is -0.399. The fourth-order valence-corrected chi connectivity index (χ4v) is 3.84. The quantitative estimate of drug-likeness (QED) is 0.938. The molecule has 1 heterocycles. The number of hydrogen-bond acceptors (Lipinski definition) is 2. The summed E-state index contributed by atoms with van der Waals surface area (Å²) < 4.78 is 0. The molecule has 0 aromatic heterocycles. The molecule has 0 bridgehead atoms. The summed E-state index contributed by atoms with van der Waals surface area (Å²) in [4.78, 5) is 26.7. The van der Waals surface area contributed by atoms with Gasteiger partial charge >= 0.3 is 0 Å². The lowest BCUT2D eigenvalue weighted by molar-refractivity contribution is 0.0732. The summed E-state index contributed by atoms with van der Waals surface area (Å²) in [5.41, 5.74) is 10.2. The Bertz CT molecular complexity index is 868. The predicted molar refractivity (Wildman–Crippen MR) is 96.4 cm³/mol. The summed E-state index contributed by atoms with van der Waals surface area (Å²) in [5, 5.41) is 0. The maximum atomic E-state index is 13.2. The molecule has 25 heavy (non-hydrogen) atoms. The molecule has 1 saturated carbocycles. The molecule has 0 spiro atoms. The van der Waals surface area contributed by atoms with E-state index >= 15 is 0 Å². The van der Waals surface area contributed by atoms with Gasteiger partial charge in [-0.25, -0.2) is 0 Å². The van der Waals surface area contributed by atoms with E-state index in [1.54, 1.807) is 6.07 Å². The van der Waals surface area contributed by atoms with Gasteiger partial charge in [0.2, 0.25) is 5.91 Å². The van der Waals surface area contributed by atoms with Crippen molar-refractivity contribution in [3.8, 4) is 0 Å². The Kier molecular flexibility index (Phi) is 3.64. The summed E-state index contributed by atoms with van der Waals surface area (Å²) >= 11 is 0. The van der Waals surface area contributed by atoms with Crippen LogP contribution in [0.2, 0.25) is 0 Å². The van der Waals surface area contributed by atoms with Crippen molar-refractivity contribution in [2.45, 2.75) is 38.1 Å². The van der Waals surface area contributed by atoms with Gasteiger partial charge in [-0.3, -0.25) is 9.59 Å².